The number of anilines is 1. The Morgan fingerprint density at radius 1 is 1.25 bits per heavy atom. The van der Waals surface area contributed by atoms with Gasteiger partial charge in [0.15, 0.2) is 16.6 Å². The van der Waals surface area contributed by atoms with Crippen molar-refractivity contribution in [3.8, 4) is 22.0 Å². The molecular weight excluding hydrogens is 372 g/mol. The van der Waals surface area contributed by atoms with E-state index in [-0.39, 0.29) is 5.91 Å². The molecule has 3 aromatic heterocycles. The molecule has 0 spiro atoms. The number of hydrogen-bond acceptors (Lipinski definition) is 5. The third-order valence-corrected chi connectivity index (χ3v) is 5.91. The average molecular weight is 390 g/mol. The fraction of sp³-hybridized carbons (Fsp3) is 0.200. The lowest BCUT2D eigenvalue weighted by Crippen LogP contribution is -2.14. The van der Waals surface area contributed by atoms with Crippen LogP contribution in [-0.4, -0.2) is 30.6 Å². The number of amides is 1. The van der Waals surface area contributed by atoms with Crippen molar-refractivity contribution in [2.45, 2.75) is 19.3 Å². The van der Waals surface area contributed by atoms with Crippen molar-refractivity contribution in [3.63, 3.8) is 0 Å². The normalized spacial score (nSPS) is 12.9. The molecule has 2 N–H and O–H groups in total. The van der Waals surface area contributed by atoms with Gasteiger partial charge in [0.1, 0.15) is 0 Å². The van der Waals surface area contributed by atoms with Crippen LogP contribution in [0.25, 0.3) is 22.0 Å². The molecule has 8 heteroatoms. The van der Waals surface area contributed by atoms with Crippen LogP contribution in [0, 0.1) is 0 Å². The standard InChI is InChI=1S/C20H18N6OS/c1-26-11-10-21-18(26)17-15(12-6-3-2-4-7-12)22-20(28-17)23-19(27)16-13-8-5-9-14(13)24-25-16/h2-4,6-7,10-11H,5,8-9H2,1H3,(H,24,25)(H,22,23,27). The van der Waals surface area contributed by atoms with Crippen LogP contribution in [-0.2, 0) is 19.9 Å². The molecule has 0 unspecified atom stereocenters. The number of rotatable bonds is 4. The van der Waals surface area contributed by atoms with Gasteiger partial charge in [0.2, 0.25) is 0 Å². The molecule has 1 aromatic carbocycles. The highest BCUT2D eigenvalue weighted by Gasteiger charge is 2.25. The number of aromatic amines is 1. The summed E-state index contributed by atoms with van der Waals surface area (Å²) in [5.74, 6) is 0.594. The van der Waals surface area contributed by atoms with Gasteiger partial charge >= 0.3 is 0 Å². The van der Waals surface area contributed by atoms with Gasteiger partial charge in [0, 0.05) is 36.3 Å². The molecule has 1 amide bonds. The van der Waals surface area contributed by atoms with Gasteiger partial charge in [-0.3, -0.25) is 15.2 Å². The van der Waals surface area contributed by atoms with Crippen molar-refractivity contribution in [1.82, 2.24) is 24.7 Å². The molecule has 0 saturated heterocycles. The Labute approximate surface area is 165 Å². The molecular formula is C20H18N6OS. The lowest BCUT2D eigenvalue weighted by Gasteiger charge is -2.02. The van der Waals surface area contributed by atoms with Crippen LogP contribution in [0.2, 0.25) is 0 Å². The van der Waals surface area contributed by atoms with Crippen molar-refractivity contribution in [2.24, 2.45) is 7.05 Å². The van der Waals surface area contributed by atoms with Crippen LogP contribution >= 0.6 is 11.3 Å². The average Bonchev–Trinajstić information content (AvgIpc) is 3.45. The zero-order valence-corrected chi connectivity index (χ0v) is 16.1. The van der Waals surface area contributed by atoms with E-state index in [0.717, 1.165) is 52.5 Å². The Balaban J connectivity index is 1.53. The molecule has 0 atom stereocenters. The van der Waals surface area contributed by atoms with E-state index in [4.69, 9.17) is 4.98 Å². The van der Waals surface area contributed by atoms with Gasteiger partial charge in [-0.15, -0.1) is 0 Å². The third kappa shape index (κ3) is 2.82. The second-order valence-electron chi connectivity index (χ2n) is 6.76. The van der Waals surface area contributed by atoms with E-state index in [1.807, 2.05) is 48.1 Å². The Hall–Kier alpha value is -3.26. The first-order chi connectivity index (χ1) is 13.7. The molecule has 140 valence electrons. The number of imidazole rings is 1. The van der Waals surface area contributed by atoms with Crippen LogP contribution in [0.1, 0.15) is 28.2 Å². The molecule has 0 bridgehead atoms. The number of carbonyl (C=O) groups is 1. The fourth-order valence-corrected chi connectivity index (χ4v) is 4.59. The van der Waals surface area contributed by atoms with Crippen LogP contribution in [0.3, 0.4) is 0 Å². The van der Waals surface area contributed by atoms with Crippen molar-refractivity contribution in [3.05, 3.63) is 59.7 Å². The number of thiazole rings is 1. The summed E-state index contributed by atoms with van der Waals surface area (Å²) in [5, 5.41) is 10.7. The van der Waals surface area contributed by atoms with E-state index in [1.165, 1.54) is 11.3 Å². The minimum absolute atomic E-state index is 0.223. The summed E-state index contributed by atoms with van der Waals surface area (Å²) in [5.41, 5.74) is 4.37. The highest BCUT2D eigenvalue weighted by atomic mass is 32.1. The van der Waals surface area contributed by atoms with E-state index in [9.17, 15) is 4.79 Å². The predicted octanol–water partition coefficient (Wildman–Crippen LogP) is 3.67. The summed E-state index contributed by atoms with van der Waals surface area (Å²) in [6.45, 7) is 0. The van der Waals surface area contributed by atoms with Gasteiger partial charge in [-0.05, 0) is 19.3 Å². The van der Waals surface area contributed by atoms with Crippen molar-refractivity contribution >= 4 is 22.4 Å². The monoisotopic (exact) mass is 390 g/mol. The molecule has 3 heterocycles. The molecule has 0 saturated carbocycles. The smallest absolute Gasteiger partial charge is 0.278 e. The number of H-pyrrole nitrogens is 1. The van der Waals surface area contributed by atoms with Gasteiger partial charge < -0.3 is 4.57 Å². The number of carbonyl (C=O) groups excluding carboxylic acids is 1. The summed E-state index contributed by atoms with van der Waals surface area (Å²) in [7, 11) is 1.95. The number of fused-ring (bicyclic) bond motifs is 1. The third-order valence-electron chi connectivity index (χ3n) is 4.94. The molecule has 5 rings (SSSR count). The number of aromatic nitrogens is 5. The summed E-state index contributed by atoms with van der Waals surface area (Å²) < 4.78 is 1.95. The molecule has 7 nitrogen and oxygen atoms in total. The Morgan fingerprint density at radius 2 is 2.11 bits per heavy atom. The summed E-state index contributed by atoms with van der Waals surface area (Å²) in [4.78, 5) is 22.9. The Kier molecular flexibility index (Phi) is 4.05. The number of aryl methyl sites for hydroxylation is 2. The minimum Gasteiger partial charge on any atom is -0.333 e. The van der Waals surface area contributed by atoms with Gasteiger partial charge in [-0.2, -0.15) is 5.10 Å². The lowest BCUT2D eigenvalue weighted by atomic mass is 10.1. The van der Waals surface area contributed by atoms with Gasteiger partial charge in [-0.1, -0.05) is 41.7 Å². The molecule has 0 radical (unpaired) electrons. The highest BCUT2D eigenvalue weighted by molar-refractivity contribution is 7.19. The maximum atomic E-state index is 12.8. The van der Waals surface area contributed by atoms with Crippen molar-refractivity contribution < 1.29 is 4.79 Å². The van der Waals surface area contributed by atoms with Crippen molar-refractivity contribution in [1.29, 1.82) is 0 Å². The van der Waals surface area contributed by atoms with E-state index in [2.05, 4.69) is 20.5 Å². The molecule has 1 aliphatic rings. The first kappa shape index (κ1) is 16.9. The molecule has 4 aromatic rings. The fourth-order valence-electron chi connectivity index (χ4n) is 3.56. The van der Waals surface area contributed by atoms with Crippen LogP contribution < -0.4 is 5.32 Å². The topological polar surface area (TPSA) is 88.5 Å². The maximum absolute atomic E-state index is 12.8. The van der Waals surface area contributed by atoms with Crippen LogP contribution in [0.15, 0.2) is 42.7 Å². The zero-order valence-electron chi connectivity index (χ0n) is 15.3. The van der Waals surface area contributed by atoms with E-state index >= 15 is 0 Å². The first-order valence-electron chi connectivity index (χ1n) is 9.12. The largest absolute Gasteiger partial charge is 0.333 e. The quantitative estimate of drug-likeness (QED) is 0.556. The predicted molar refractivity (Wildman–Crippen MR) is 108 cm³/mol. The van der Waals surface area contributed by atoms with Gasteiger partial charge in [-0.25, -0.2) is 9.97 Å². The zero-order chi connectivity index (χ0) is 19.1. The molecule has 1 aliphatic carbocycles. The SMILES string of the molecule is Cn1ccnc1-c1sc(NC(=O)c2n[nH]c3c2CCC3)nc1-c1ccccc1. The molecule has 0 fully saturated rings. The molecule has 28 heavy (non-hydrogen) atoms. The second-order valence-corrected chi connectivity index (χ2v) is 7.76. The van der Waals surface area contributed by atoms with E-state index < -0.39 is 0 Å². The molecule has 0 aliphatic heterocycles. The highest BCUT2D eigenvalue weighted by Crippen LogP contribution is 2.38. The number of nitrogens with zero attached hydrogens (tertiary/aromatic N) is 4. The number of benzene rings is 1. The van der Waals surface area contributed by atoms with E-state index in [1.54, 1.807) is 6.20 Å². The van der Waals surface area contributed by atoms with Crippen LogP contribution in [0.4, 0.5) is 5.13 Å². The number of hydrogen-bond donors (Lipinski definition) is 2. The minimum atomic E-state index is -0.223. The van der Waals surface area contributed by atoms with Crippen molar-refractivity contribution in [2.75, 3.05) is 5.32 Å². The first-order valence-corrected chi connectivity index (χ1v) is 9.94. The van der Waals surface area contributed by atoms with E-state index in [0.29, 0.717) is 10.8 Å². The van der Waals surface area contributed by atoms with Crippen LogP contribution in [0.5, 0.6) is 0 Å². The lowest BCUT2D eigenvalue weighted by molar-refractivity contribution is 0.102. The van der Waals surface area contributed by atoms with Gasteiger partial charge in [0.25, 0.3) is 5.91 Å². The summed E-state index contributed by atoms with van der Waals surface area (Å²) in [6.07, 6.45) is 6.56. The maximum Gasteiger partial charge on any atom is 0.278 e. The Bertz CT molecular complexity index is 1160. The summed E-state index contributed by atoms with van der Waals surface area (Å²) in [6, 6.07) is 9.93. The number of nitrogens with one attached hydrogen (secondary N) is 2. The Morgan fingerprint density at radius 3 is 2.89 bits per heavy atom. The van der Waals surface area contributed by atoms with Gasteiger partial charge in [0.05, 0.1) is 10.6 Å². The second kappa shape index (κ2) is 6.72. The summed E-state index contributed by atoms with van der Waals surface area (Å²) >= 11 is 1.42.